The van der Waals surface area contributed by atoms with Gasteiger partial charge in [0.25, 0.3) is 0 Å². The van der Waals surface area contributed by atoms with E-state index in [1.165, 1.54) is 17.5 Å². The molecule has 0 aliphatic rings. The Morgan fingerprint density at radius 2 is 2.29 bits per heavy atom. The van der Waals surface area contributed by atoms with E-state index < -0.39 is 11.6 Å². The van der Waals surface area contributed by atoms with E-state index in [9.17, 15) is 9.90 Å². The normalized spacial score (nSPS) is 13.2. The molecule has 3 heterocycles. The van der Waals surface area contributed by atoms with E-state index in [0.29, 0.717) is 17.1 Å². The van der Waals surface area contributed by atoms with Crippen molar-refractivity contribution in [2.75, 3.05) is 11.9 Å². The molecule has 0 aromatic carbocycles. The van der Waals surface area contributed by atoms with Crippen molar-refractivity contribution in [1.82, 2.24) is 20.5 Å². The van der Waals surface area contributed by atoms with Gasteiger partial charge in [0.15, 0.2) is 0 Å². The number of anilines is 1. The molecule has 3 rings (SSSR count). The number of nitrogens with one attached hydrogen (secondary N) is 3. The summed E-state index contributed by atoms with van der Waals surface area (Å²) < 4.78 is 0. The lowest BCUT2D eigenvalue weighted by Gasteiger charge is -2.22. The second-order valence-electron chi connectivity index (χ2n) is 5.47. The summed E-state index contributed by atoms with van der Waals surface area (Å²) in [6, 6.07) is 6.89. The van der Waals surface area contributed by atoms with Crippen LogP contribution in [0.3, 0.4) is 0 Å². The quantitative estimate of drug-likeness (QED) is 0.571. The number of carbonyl (C=O) groups excluding carboxylic acids is 1. The molecule has 3 aromatic heterocycles. The first-order chi connectivity index (χ1) is 11.6. The maximum atomic E-state index is 12.1. The number of thiophene rings is 1. The molecule has 2 amide bonds. The van der Waals surface area contributed by atoms with E-state index in [0.717, 1.165) is 5.56 Å². The van der Waals surface area contributed by atoms with Gasteiger partial charge in [0, 0.05) is 6.20 Å². The fraction of sp³-hybridized carbons (Fsp3) is 0.188. The molecule has 0 radical (unpaired) electrons. The largest absolute Gasteiger partial charge is 0.384 e. The number of aromatic nitrogens is 3. The van der Waals surface area contributed by atoms with Crippen molar-refractivity contribution >= 4 is 23.1 Å². The summed E-state index contributed by atoms with van der Waals surface area (Å²) >= 11 is 1.50. The lowest BCUT2D eigenvalue weighted by molar-refractivity contribution is 0.0604. The molecular weight excluding hydrogens is 326 g/mol. The first kappa shape index (κ1) is 16.2. The standard InChI is InChI=1S/C16H17N5O2S/c1-16(23,11-5-7-24-9-11)10-18-15(22)20-13-8-19-21-14(13)12-4-2-3-6-17-12/h2-9,23H,10H2,1H3,(H,19,21)(H2,18,20,22). The molecule has 0 fully saturated rings. The topological polar surface area (TPSA) is 103 Å². The number of rotatable bonds is 5. The minimum Gasteiger partial charge on any atom is -0.384 e. The van der Waals surface area contributed by atoms with E-state index in [-0.39, 0.29) is 6.54 Å². The summed E-state index contributed by atoms with van der Waals surface area (Å²) in [6.45, 7) is 1.75. The van der Waals surface area contributed by atoms with Gasteiger partial charge in [-0.3, -0.25) is 10.1 Å². The van der Waals surface area contributed by atoms with Crippen LogP contribution in [0.15, 0.2) is 47.4 Å². The van der Waals surface area contributed by atoms with Crippen LogP contribution >= 0.6 is 11.3 Å². The highest BCUT2D eigenvalue weighted by atomic mass is 32.1. The molecule has 7 nitrogen and oxygen atoms in total. The maximum Gasteiger partial charge on any atom is 0.319 e. The molecular formula is C16H17N5O2S. The van der Waals surface area contributed by atoms with Crippen molar-refractivity contribution in [3.63, 3.8) is 0 Å². The van der Waals surface area contributed by atoms with Crippen LogP contribution in [0.4, 0.5) is 10.5 Å². The van der Waals surface area contributed by atoms with Crippen molar-refractivity contribution in [2.45, 2.75) is 12.5 Å². The zero-order valence-corrected chi connectivity index (χ0v) is 13.8. The highest BCUT2D eigenvalue weighted by Gasteiger charge is 2.24. The number of urea groups is 1. The van der Waals surface area contributed by atoms with Gasteiger partial charge in [-0.25, -0.2) is 4.79 Å². The smallest absolute Gasteiger partial charge is 0.319 e. The van der Waals surface area contributed by atoms with Crippen LogP contribution in [-0.4, -0.2) is 32.9 Å². The number of amides is 2. The van der Waals surface area contributed by atoms with E-state index in [4.69, 9.17) is 0 Å². The Morgan fingerprint density at radius 3 is 3.00 bits per heavy atom. The van der Waals surface area contributed by atoms with Gasteiger partial charge in [-0.15, -0.1) is 0 Å². The molecule has 3 aromatic rings. The third-order valence-corrected chi connectivity index (χ3v) is 4.23. The van der Waals surface area contributed by atoms with Crippen LogP contribution in [0, 0.1) is 0 Å². The molecule has 0 spiro atoms. The van der Waals surface area contributed by atoms with Crippen molar-refractivity contribution in [3.8, 4) is 11.4 Å². The Kier molecular flexibility index (Phi) is 4.59. The van der Waals surface area contributed by atoms with E-state index in [2.05, 4.69) is 25.8 Å². The Hall–Kier alpha value is -2.71. The van der Waals surface area contributed by atoms with Crippen LogP contribution in [0.1, 0.15) is 12.5 Å². The highest BCUT2D eigenvalue weighted by molar-refractivity contribution is 7.08. The molecule has 0 bridgehead atoms. The van der Waals surface area contributed by atoms with Gasteiger partial charge in [-0.2, -0.15) is 16.4 Å². The van der Waals surface area contributed by atoms with E-state index in [1.807, 2.05) is 35.0 Å². The lowest BCUT2D eigenvalue weighted by atomic mass is 9.99. The summed E-state index contributed by atoms with van der Waals surface area (Å²) in [7, 11) is 0. The first-order valence-corrected chi connectivity index (χ1v) is 8.25. The van der Waals surface area contributed by atoms with Gasteiger partial charge in [-0.05, 0) is 41.4 Å². The summed E-state index contributed by atoms with van der Waals surface area (Å²) in [5.41, 5.74) is 1.45. The molecule has 0 aliphatic carbocycles. The van der Waals surface area contributed by atoms with Gasteiger partial charge in [0.1, 0.15) is 11.3 Å². The van der Waals surface area contributed by atoms with Crippen LogP contribution in [0.25, 0.3) is 11.4 Å². The zero-order chi connectivity index (χ0) is 17.0. The third kappa shape index (κ3) is 3.61. The minimum atomic E-state index is -1.13. The predicted molar refractivity (Wildman–Crippen MR) is 92.7 cm³/mol. The van der Waals surface area contributed by atoms with Crippen molar-refractivity contribution in [3.05, 3.63) is 53.0 Å². The molecule has 4 N–H and O–H groups in total. The Balaban J connectivity index is 1.63. The number of hydrogen-bond donors (Lipinski definition) is 4. The van der Waals surface area contributed by atoms with Gasteiger partial charge in [-0.1, -0.05) is 6.07 Å². The lowest BCUT2D eigenvalue weighted by Crippen LogP contribution is -2.40. The molecule has 1 atom stereocenters. The average Bonchev–Trinajstić information content (AvgIpc) is 3.26. The maximum absolute atomic E-state index is 12.1. The fourth-order valence-electron chi connectivity index (χ4n) is 2.18. The molecule has 0 saturated carbocycles. The molecule has 8 heteroatoms. The second kappa shape index (κ2) is 6.81. The van der Waals surface area contributed by atoms with Gasteiger partial charge >= 0.3 is 6.03 Å². The Bertz CT molecular complexity index is 799. The predicted octanol–water partition coefficient (Wildman–Crippen LogP) is 2.56. The number of carbonyl (C=O) groups is 1. The molecule has 0 aliphatic heterocycles. The van der Waals surface area contributed by atoms with Crippen molar-refractivity contribution < 1.29 is 9.90 Å². The van der Waals surface area contributed by atoms with Crippen molar-refractivity contribution in [1.29, 1.82) is 0 Å². The number of nitrogens with zero attached hydrogens (tertiary/aromatic N) is 2. The Morgan fingerprint density at radius 1 is 1.42 bits per heavy atom. The number of pyridine rings is 1. The molecule has 24 heavy (non-hydrogen) atoms. The minimum absolute atomic E-state index is 0.0896. The van der Waals surface area contributed by atoms with Crippen LogP contribution < -0.4 is 10.6 Å². The fourth-order valence-corrected chi connectivity index (χ4v) is 2.96. The number of H-pyrrole nitrogens is 1. The molecule has 0 saturated heterocycles. The van der Waals surface area contributed by atoms with Crippen LogP contribution in [-0.2, 0) is 5.60 Å². The summed E-state index contributed by atoms with van der Waals surface area (Å²) in [5.74, 6) is 0. The first-order valence-electron chi connectivity index (χ1n) is 7.31. The SMILES string of the molecule is CC(O)(CNC(=O)Nc1cn[nH]c1-c1ccccn1)c1ccsc1. The van der Waals surface area contributed by atoms with Gasteiger partial charge < -0.3 is 15.7 Å². The Labute approximate surface area is 142 Å². The zero-order valence-electron chi connectivity index (χ0n) is 13.0. The van der Waals surface area contributed by atoms with Crippen molar-refractivity contribution in [2.24, 2.45) is 0 Å². The number of aliphatic hydroxyl groups is 1. The molecule has 124 valence electrons. The third-order valence-electron chi connectivity index (χ3n) is 3.54. The van der Waals surface area contributed by atoms with Crippen LogP contribution in [0.5, 0.6) is 0 Å². The highest BCUT2D eigenvalue weighted by Crippen LogP contribution is 2.24. The van der Waals surface area contributed by atoms with Crippen LogP contribution in [0.2, 0.25) is 0 Å². The monoisotopic (exact) mass is 343 g/mol. The number of hydrogen-bond acceptors (Lipinski definition) is 5. The van der Waals surface area contributed by atoms with Gasteiger partial charge in [0.2, 0.25) is 0 Å². The van der Waals surface area contributed by atoms with E-state index >= 15 is 0 Å². The average molecular weight is 343 g/mol. The molecule has 1 unspecified atom stereocenters. The second-order valence-corrected chi connectivity index (χ2v) is 6.25. The summed E-state index contributed by atoms with van der Waals surface area (Å²) in [4.78, 5) is 16.3. The van der Waals surface area contributed by atoms with E-state index in [1.54, 1.807) is 13.1 Å². The van der Waals surface area contributed by atoms with Gasteiger partial charge in [0.05, 0.1) is 24.1 Å². The summed E-state index contributed by atoms with van der Waals surface area (Å²) in [5, 5.41) is 26.3. The number of aromatic amines is 1. The summed E-state index contributed by atoms with van der Waals surface area (Å²) in [6.07, 6.45) is 3.18.